The van der Waals surface area contributed by atoms with Gasteiger partial charge in [0, 0.05) is 5.54 Å². The van der Waals surface area contributed by atoms with Crippen LogP contribution >= 0.6 is 0 Å². The van der Waals surface area contributed by atoms with Gasteiger partial charge < -0.3 is 5.73 Å². The van der Waals surface area contributed by atoms with Crippen molar-refractivity contribution in [3.63, 3.8) is 0 Å². The van der Waals surface area contributed by atoms with Crippen LogP contribution in [0.3, 0.4) is 0 Å². The Kier molecular flexibility index (Phi) is 2.53. The fraction of sp³-hybridized carbons (Fsp3) is 1.00. The second-order valence-electron chi connectivity index (χ2n) is 5.49. The maximum absolute atomic E-state index is 6.31. The van der Waals surface area contributed by atoms with E-state index < -0.39 is 0 Å². The molecule has 12 heavy (non-hydrogen) atoms. The van der Waals surface area contributed by atoms with Gasteiger partial charge in [-0.3, -0.25) is 0 Å². The monoisotopic (exact) mass is 169 g/mol. The highest BCUT2D eigenvalue weighted by atomic mass is 14.8. The molecule has 1 heteroatoms. The van der Waals surface area contributed by atoms with Crippen molar-refractivity contribution in [3.05, 3.63) is 0 Å². The molecule has 1 fully saturated rings. The minimum absolute atomic E-state index is 0.0799. The molecule has 0 unspecified atom stereocenters. The first-order valence-electron chi connectivity index (χ1n) is 5.16. The summed E-state index contributed by atoms with van der Waals surface area (Å²) in [6.07, 6.45) is 5.08. The van der Waals surface area contributed by atoms with E-state index in [2.05, 4.69) is 27.7 Å². The molecule has 0 aromatic carbocycles. The molecule has 0 aliphatic heterocycles. The van der Waals surface area contributed by atoms with Crippen molar-refractivity contribution in [1.82, 2.24) is 0 Å². The van der Waals surface area contributed by atoms with E-state index in [4.69, 9.17) is 5.73 Å². The average Bonchev–Trinajstić information content (AvgIpc) is 1.83. The second kappa shape index (κ2) is 3.02. The van der Waals surface area contributed by atoms with E-state index in [1.165, 1.54) is 25.7 Å². The zero-order valence-electron chi connectivity index (χ0n) is 8.98. The summed E-state index contributed by atoms with van der Waals surface area (Å²) >= 11 is 0. The molecule has 0 spiro atoms. The van der Waals surface area contributed by atoms with Crippen molar-refractivity contribution in [2.75, 3.05) is 0 Å². The van der Waals surface area contributed by atoms with Crippen LogP contribution in [-0.4, -0.2) is 5.54 Å². The third-order valence-corrected chi connectivity index (χ3v) is 3.45. The van der Waals surface area contributed by atoms with Gasteiger partial charge in [0.25, 0.3) is 0 Å². The first-order chi connectivity index (χ1) is 5.37. The Morgan fingerprint density at radius 1 is 1.33 bits per heavy atom. The number of nitrogens with two attached hydrogens (primary N) is 1. The van der Waals surface area contributed by atoms with Gasteiger partial charge in [0.2, 0.25) is 0 Å². The van der Waals surface area contributed by atoms with Crippen LogP contribution in [0.4, 0.5) is 0 Å². The van der Waals surface area contributed by atoms with E-state index in [9.17, 15) is 0 Å². The van der Waals surface area contributed by atoms with Gasteiger partial charge in [-0.2, -0.15) is 0 Å². The van der Waals surface area contributed by atoms with Gasteiger partial charge in [0.05, 0.1) is 0 Å². The number of hydrogen-bond acceptors (Lipinski definition) is 1. The smallest absolute Gasteiger partial charge is 0.0159 e. The van der Waals surface area contributed by atoms with Gasteiger partial charge in [-0.15, -0.1) is 0 Å². The molecule has 1 aliphatic rings. The summed E-state index contributed by atoms with van der Waals surface area (Å²) in [5.41, 5.74) is 6.86. The summed E-state index contributed by atoms with van der Waals surface area (Å²) in [4.78, 5) is 0. The van der Waals surface area contributed by atoms with E-state index in [1.807, 2.05) is 0 Å². The molecule has 0 aromatic rings. The van der Waals surface area contributed by atoms with Crippen molar-refractivity contribution in [3.8, 4) is 0 Å². The maximum atomic E-state index is 6.31. The molecule has 2 atom stereocenters. The van der Waals surface area contributed by atoms with E-state index in [0.717, 1.165) is 5.92 Å². The van der Waals surface area contributed by atoms with Gasteiger partial charge in [-0.1, -0.05) is 27.2 Å². The summed E-state index contributed by atoms with van der Waals surface area (Å²) in [5, 5.41) is 0. The highest BCUT2D eigenvalue weighted by molar-refractivity contribution is 4.96. The summed E-state index contributed by atoms with van der Waals surface area (Å²) < 4.78 is 0. The van der Waals surface area contributed by atoms with Crippen molar-refractivity contribution < 1.29 is 0 Å². The lowest BCUT2D eigenvalue weighted by Gasteiger charge is -2.46. The predicted molar refractivity (Wildman–Crippen MR) is 54.0 cm³/mol. The van der Waals surface area contributed by atoms with Crippen molar-refractivity contribution in [2.24, 2.45) is 17.1 Å². The standard InChI is InChI=1S/C11H23N/c1-5-9-6-7-10(2,3)8-11(9,4)12/h9H,5-8,12H2,1-4H3/t9-,11+/m0/s1. The van der Waals surface area contributed by atoms with E-state index >= 15 is 0 Å². The van der Waals surface area contributed by atoms with Gasteiger partial charge in [0.15, 0.2) is 0 Å². The molecule has 2 N–H and O–H groups in total. The average molecular weight is 169 g/mol. The zero-order chi connectivity index (χ0) is 9.41. The molecular formula is C11H23N. The Bertz CT molecular complexity index is 158. The molecule has 0 heterocycles. The van der Waals surface area contributed by atoms with Gasteiger partial charge >= 0.3 is 0 Å². The molecule has 0 radical (unpaired) electrons. The van der Waals surface area contributed by atoms with Crippen LogP contribution < -0.4 is 5.73 Å². The first kappa shape index (κ1) is 10.0. The Labute approximate surface area is 76.7 Å². The summed E-state index contributed by atoms with van der Waals surface area (Å²) in [6.45, 7) is 9.16. The van der Waals surface area contributed by atoms with Gasteiger partial charge in [-0.25, -0.2) is 0 Å². The Hall–Kier alpha value is -0.0400. The van der Waals surface area contributed by atoms with Crippen LogP contribution in [-0.2, 0) is 0 Å². The maximum Gasteiger partial charge on any atom is 0.0159 e. The normalized spacial score (nSPS) is 41.2. The van der Waals surface area contributed by atoms with Crippen LogP contribution in [0.1, 0.15) is 53.4 Å². The summed E-state index contributed by atoms with van der Waals surface area (Å²) in [5.74, 6) is 0.741. The quantitative estimate of drug-likeness (QED) is 0.641. The van der Waals surface area contributed by atoms with Crippen molar-refractivity contribution in [1.29, 1.82) is 0 Å². The largest absolute Gasteiger partial charge is 0.325 e. The summed E-state index contributed by atoms with van der Waals surface area (Å²) in [6, 6.07) is 0. The number of rotatable bonds is 1. The lowest BCUT2D eigenvalue weighted by molar-refractivity contribution is 0.0983. The van der Waals surface area contributed by atoms with E-state index in [-0.39, 0.29) is 5.54 Å². The number of hydrogen-bond donors (Lipinski definition) is 1. The van der Waals surface area contributed by atoms with Gasteiger partial charge in [-0.05, 0) is 37.5 Å². The molecule has 1 aliphatic carbocycles. The van der Waals surface area contributed by atoms with E-state index in [0.29, 0.717) is 5.41 Å². The molecule has 0 bridgehead atoms. The Balaban J connectivity index is 2.67. The first-order valence-corrected chi connectivity index (χ1v) is 5.16. The highest BCUT2D eigenvalue weighted by Crippen LogP contribution is 2.43. The Morgan fingerprint density at radius 3 is 2.33 bits per heavy atom. The third-order valence-electron chi connectivity index (χ3n) is 3.45. The van der Waals surface area contributed by atoms with Crippen LogP contribution in [0.5, 0.6) is 0 Å². The topological polar surface area (TPSA) is 26.0 Å². The molecule has 0 amide bonds. The fourth-order valence-electron chi connectivity index (χ4n) is 2.83. The SMILES string of the molecule is CC[C@H]1CCC(C)(C)C[C@@]1(C)N. The second-order valence-corrected chi connectivity index (χ2v) is 5.49. The van der Waals surface area contributed by atoms with Crippen molar-refractivity contribution >= 4 is 0 Å². The van der Waals surface area contributed by atoms with E-state index in [1.54, 1.807) is 0 Å². The highest BCUT2D eigenvalue weighted by Gasteiger charge is 2.39. The molecule has 0 aromatic heterocycles. The predicted octanol–water partition coefficient (Wildman–Crippen LogP) is 2.94. The minimum Gasteiger partial charge on any atom is -0.325 e. The molecule has 72 valence electrons. The minimum atomic E-state index is 0.0799. The molecule has 1 rings (SSSR count). The summed E-state index contributed by atoms with van der Waals surface area (Å²) in [7, 11) is 0. The van der Waals surface area contributed by atoms with Gasteiger partial charge in [0.1, 0.15) is 0 Å². The molecule has 0 saturated heterocycles. The lowest BCUT2D eigenvalue weighted by Crippen LogP contribution is -2.50. The third kappa shape index (κ3) is 2.01. The van der Waals surface area contributed by atoms with Crippen LogP contribution in [0, 0.1) is 11.3 Å². The Morgan fingerprint density at radius 2 is 1.92 bits per heavy atom. The molecule has 1 nitrogen and oxygen atoms in total. The fourth-order valence-corrected chi connectivity index (χ4v) is 2.83. The van der Waals surface area contributed by atoms with Crippen LogP contribution in [0.25, 0.3) is 0 Å². The lowest BCUT2D eigenvalue weighted by atomic mass is 9.63. The molecular weight excluding hydrogens is 146 g/mol. The zero-order valence-corrected chi connectivity index (χ0v) is 8.98. The van der Waals surface area contributed by atoms with Crippen LogP contribution in [0.15, 0.2) is 0 Å². The molecule has 1 saturated carbocycles. The van der Waals surface area contributed by atoms with Crippen LogP contribution in [0.2, 0.25) is 0 Å². The van der Waals surface area contributed by atoms with Crippen molar-refractivity contribution in [2.45, 2.75) is 58.9 Å².